The fourth-order valence-electron chi connectivity index (χ4n) is 4.22. The number of carbonyl (C=O) groups excluding carboxylic acids is 2. The fourth-order valence-corrected chi connectivity index (χ4v) is 4.22. The van der Waals surface area contributed by atoms with E-state index in [2.05, 4.69) is 21.7 Å². The molecule has 0 saturated carbocycles. The van der Waals surface area contributed by atoms with Crippen LogP contribution in [0.15, 0.2) is 54.6 Å². The van der Waals surface area contributed by atoms with E-state index in [1.54, 1.807) is 0 Å². The molecule has 3 aromatic rings. The minimum absolute atomic E-state index is 0.00816. The van der Waals surface area contributed by atoms with Crippen molar-refractivity contribution in [2.24, 2.45) is 7.05 Å². The maximum Gasteiger partial charge on any atom is 0.407 e. The number of rotatable bonds is 8. The normalized spacial score (nSPS) is 12.7. The Labute approximate surface area is 202 Å². The summed E-state index contributed by atoms with van der Waals surface area (Å²) in [5.74, 6) is 0.611. The summed E-state index contributed by atoms with van der Waals surface area (Å²) in [6.45, 7) is 0.0869. The first-order chi connectivity index (χ1) is 16.9. The van der Waals surface area contributed by atoms with E-state index in [-0.39, 0.29) is 31.2 Å². The number of nitrogens with one attached hydrogen (secondary N) is 2. The zero-order valence-electron chi connectivity index (χ0n) is 19.0. The highest BCUT2D eigenvalue weighted by molar-refractivity contribution is 5.87. The quantitative estimate of drug-likeness (QED) is 0.433. The Bertz CT molecular complexity index is 1280. The summed E-state index contributed by atoms with van der Waals surface area (Å²) in [7, 11) is 1.49. The Hall–Kier alpha value is -4.58. The number of carboxylic acid groups (broad SMARTS) is 1. The summed E-state index contributed by atoms with van der Waals surface area (Å²) in [5, 5.41) is 18.3. The van der Waals surface area contributed by atoms with Crippen LogP contribution in [-0.4, -0.2) is 45.5 Å². The minimum atomic E-state index is -1.13. The Morgan fingerprint density at radius 1 is 1.14 bits per heavy atom. The van der Waals surface area contributed by atoms with Crippen molar-refractivity contribution in [2.75, 3.05) is 6.61 Å². The number of aromatic nitrogens is 2. The summed E-state index contributed by atoms with van der Waals surface area (Å²) in [6.07, 6.45) is 4.58. The Kier molecular flexibility index (Phi) is 6.83. The van der Waals surface area contributed by atoms with Crippen molar-refractivity contribution in [1.29, 1.82) is 0 Å². The number of carbonyl (C=O) groups is 3. The standard InChI is InChI=1S/C26H24N4O5/c1-3-8-22(24(31)27-14-16-13-23(25(32)33)30(2)29-16)28-26(34)35-15-21-19-11-6-4-9-17(19)18-10-5-7-12-20(18)21/h1,4-7,9-13,21-22H,8,14-15H2,2H3,(H,27,31)(H,28,34)(H,32,33). The zero-order chi connectivity index (χ0) is 24.9. The van der Waals surface area contributed by atoms with Crippen LogP contribution in [0.25, 0.3) is 11.1 Å². The van der Waals surface area contributed by atoms with Gasteiger partial charge in [0.1, 0.15) is 18.3 Å². The molecule has 0 spiro atoms. The summed E-state index contributed by atoms with van der Waals surface area (Å²) in [4.78, 5) is 36.3. The monoisotopic (exact) mass is 472 g/mol. The van der Waals surface area contributed by atoms with Crippen LogP contribution < -0.4 is 10.6 Å². The Morgan fingerprint density at radius 2 is 1.77 bits per heavy atom. The average molecular weight is 473 g/mol. The highest BCUT2D eigenvalue weighted by atomic mass is 16.5. The molecule has 0 fully saturated rings. The predicted octanol–water partition coefficient (Wildman–Crippen LogP) is 2.67. The van der Waals surface area contributed by atoms with Gasteiger partial charge in [-0.2, -0.15) is 5.10 Å². The van der Waals surface area contributed by atoms with Gasteiger partial charge in [0.2, 0.25) is 5.91 Å². The smallest absolute Gasteiger partial charge is 0.407 e. The molecular formula is C26H24N4O5. The van der Waals surface area contributed by atoms with E-state index in [9.17, 15) is 14.4 Å². The number of hydrogen-bond donors (Lipinski definition) is 3. The third-order valence-corrected chi connectivity index (χ3v) is 5.87. The number of hydrogen-bond acceptors (Lipinski definition) is 5. The van der Waals surface area contributed by atoms with E-state index in [1.165, 1.54) is 17.8 Å². The lowest BCUT2D eigenvalue weighted by atomic mass is 9.98. The first kappa shape index (κ1) is 23.6. The van der Waals surface area contributed by atoms with Crippen molar-refractivity contribution in [2.45, 2.75) is 24.9 Å². The Balaban J connectivity index is 1.36. The molecule has 1 heterocycles. The van der Waals surface area contributed by atoms with Crippen LogP contribution in [-0.2, 0) is 23.1 Å². The molecule has 2 amide bonds. The molecule has 35 heavy (non-hydrogen) atoms. The van der Waals surface area contributed by atoms with Crippen LogP contribution in [0.2, 0.25) is 0 Å². The molecule has 1 aromatic heterocycles. The molecule has 1 atom stereocenters. The third-order valence-electron chi connectivity index (χ3n) is 5.87. The molecule has 0 bridgehead atoms. The number of ether oxygens (including phenoxy) is 1. The molecule has 0 aliphatic heterocycles. The van der Waals surface area contributed by atoms with Gasteiger partial charge in [-0.25, -0.2) is 9.59 Å². The maximum atomic E-state index is 12.6. The Morgan fingerprint density at radius 3 is 2.34 bits per heavy atom. The fraction of sp³-hybridized carbons (Fsp3) is 0.231. The number of benzene rings is 2. The van der Waals surface area contributed by atoms with Crippen molar-refractivity contribution in [1.82, 2.24) is 20.4 Å². The predicted molar refractivity (Wildman–Crippen MR) is 127 cm³/mol. The van der Waals surface area contributed by atoms with Gasteiger partial charge in [0.25, 0.3) is 0 Å². The molecule has 9 nitrogen and oxygen atoms in total. The second kappa shape index (κ2) is 10.1. The summed E-state index contributed by atoms with van der Waals surface area (Å²) in [6, 6.07) is 16.3. The van der Waals surface area contributed by atoms with Gasteiger partial charge in [0, 0.05) is 19.4 Å². The van der Waals surface area contributed by atoms with E-state index in [0.29, 0.717) is 5.69 Å². The summed E-state index contributed by atoms with van der Waals surface area (Å²) >= 11 is 0. The topological polar surface area (TPSA) is 123 Å². The van der Waals surface area contributed by atoms with Gasteiger partial charge in [0.15, 0.2) is 0 Å². The first-order valence-corrected chi connectivity index (χ1v) is 11.0. The number of terminal acetylenes is 1. The number of alkyl carbamates (subject to hydrolysis) is 1. The van der Waals surface area contributed by atoms with Crippen LogP contribution >= 0.6 is 0 Å². The van der Waals surface area contributed by atoms with Gasteiger partial charge in [-0.1, -0.05) is 48.5 Å². The maximum absolute atomic E-state index is 12.6. The van der Waals surface area contributed by atoms with Crippen LogP contribution in [0.4, 0.5) is 4.79 Å². The molecule has 1 aliphatic rings. The van der Waals surface area contributed by atoms with E-state index in [0.717, 1.165) is 22.3 Å². The molecule has 178 valence electrons. The van der Waals surface area contributed by atoms with Crippen LogP contribution in [0.1, 0.15) is 39.6 Å². The molecule has 0 radical (unpaired) electrons. The molecular weight excluding hydrogens is 448 g/mol. The summed E-state index contributed by atoms with van der Waals surface area (Å²) < 4.78 is 6.70. The van der Waals surface area contributed by atoms with Crippen LogP contribution in [0, 0.1) is 12.3 Å². The second-order valence-corrected chi connectivity index (χ2v) is 8.10. The second-order valence-electron chi connectivity index (χ2n) is 8.10. The molecule has 4 rings (SSSR count). The number of nitrogens with zero attached hydrogens (tertiary/aromatic N) is 2. The van der Waals surface area contributed by atoms with E-state index < -0.39 is 24.0 Å². The number of amides is 2. The number of fused-ring (bicyclic) bond motifs is 3. The molecule has 3 N–H and O–H groups in total. The van der Waals surface area contributed by atoms with Gasteiger partial charge in [-0.05, 0) is 28.3 Å². The number of carboxylic acids is 1. The van der Waals surface area contributed by atoms with Gasteiger partial charge >= 0.3 is 12.1 Å². The number of aryl methyl sites for hydroxylation is 1. The molecule has 1 aliphatic carbocycles. The molecule has 1 unspecified atom stereocenters. The minimum Gasteiger partial charge on any atom is -0.477 e. The lowest BCUT2D eigenvalue weighted by Crippen LogP contribution is -2.46. The van der Waals surface area contributed by atoms with Crippen molar-refractivity contribution in [3.05, 3.63) is 77.1 Å². The highest BCUT2D eigenvalue weighted by Gasteiger charge is 2.29. The van der Waals surface area contributed by atoms with Gasteiger partial charge in [-0.3, -0.25) is 9.48 Å². The van der Waals surface area contributed by atoms with Crippen molar-refractivity contribution >= 4 is 18.0 Å². The SMILES string of the molecule is C#CCC(NC(=O)OCC1c2ccccc2-c2ccccc21)C(=O)NCc1cc(C(=O)O)n(C)n1. The number of aromatic carboxylic acids is 1. The van der Waals surface area contributed by atoms with Crippen molar-refractivity contribution in [3.63, 3.8) is 0 Å². The summed E-state index contributed by atoms with van der Waals surface area (Å²) in [5.41, 5.74) is 4.74. The molecule has 2 aromatic carbocycles. The van der Waals surface area contributed by atoms with Crippen LogP contribution in [0.5, 0.6) is 0 Å². The molecule has 0 saturated heterocycles. The highest BCUT2D eigenvalue weighted by Crippen LogP contribution is 2.44. The van der Waals surface area contributed by atoms with Gasteiger partial charge in [0.05, 0.1) is 12.2 Å². The lowest BCUT2D eigenvalue weighted by molar-refractivity contribution is -0.123. The van der Waals surface area contributed by atoms with E-state index in [1.807, 2.05) is 48.5 Å². The van der Waals surface area contributed by atoms with E-state index in [4.69, 9.17) is 16.3 Å². The zero-order valence-corrected chi connectivity index (χ0v) is 19.0. The van der Waals surface area contributed by atoms with Crippen molar-refractivity contribution < 1.29 is 24.2 Å². The average Bonchev–Trinajstić information content (AvgIpc) is 3.38. The van der Waals surface area contributed by atoms with Gasteiger partial charge < -0.3 is 20.5 Å². The van der Waals surface area contributed by atoms with Crippen LogP contribution in [0.3, 0.4) is 0 Å². The van der Waals surface area contributed by atoms with Crippen molar-refractivity contribution in [3.8, 4) is 23.5 Å². The third kappa shape index (κ3) is 5.01. The van der Waals surface area contributed by atoms with Gasteiger partial charge in [-0.15, -0.1) is 12.3 Å². The first-order valence-electron chi connectivity index (χ1n) is 11.0. The largest absolute Gasteiger partial charge is 0.477 e. The molecule has 9 heteroatoms. The lowest BCUT2D eigenvalue weighted by Gasteiger charge is -2.18. The van der Waals surface area contributed by atoms with E-state index >= 15 is 0 Å².